The summed E-state index contributed by atoms with van der Waals surface area (Å²) in [6.45, 7) is 2.91. The molecule has 74 valence electrons. The average molecular weight is 185 g/mol. The zero-order valence-corrected chi connectivity index (χ0v) is 8.08. The summed E-state index contributed by atoms with van der Waals surface area (Å²) in [5.74, 6) is 0.462. The molecule has 0 bridgehead atoms. The molecule has 4 nitrogen and oxygen atoms in total. The molecule has 0 unspecified atom stereocenters. The van der Waals surface area contributed by atoms with Crippen molar-refractivity contribution in [1.29, 1.82) is 0 Å². The van der Waals surface area contributed by atoms with Crippen LogP contribution in [0.2, 0.25) is 0 Å². The number of methoxy groups -OCH3 is 1. The number of hydrogen-bond acceptors (Lipinski definition) is 4. The Bertz CT molecular complexity index is 213. The minimum absolute atomic E-state index is 0.0626. The fraction of sp³-hybridized carbons (Fsp3) is 0.778. The molecule has 13 heavy (non-hydrogen) atoms. The molecule has 1 heterocycles. The largest absolute Gasteiger partial charge is 0.484 e. The second-order valence-corrected chi connectivity index (χ2v) is 2.92. The fourth-order valence-corrected chi connectivity index (χ4v) is 1.33. The van der Waals surface area contributed by atoms with Crippen molar-refractivity contribution >= 4 is 11.9 Å². The van der Waals surface area contributed by atoms with Gasteiger partial charge < -0.3 is 9.47 Å². The van der Waals surface area contributed by atoms with Gasteiger partial charge in [-0.2, -0.15) is 0 Å². The normalized spacial score (nSPS) is 22.0. The van der Waals surface area contributed by atoms with Gasteiger partial charge in [-0.25, -0.2) is 0 Å². The van der Waals surface area contributed by atoms with E-state index in [-0.39, 0.29) is 11.9 Å². The molecule has 0 saturated heterocycles. The monoisotopic (exact) mass is 185 g/mol. The van der Waals surface area contributed by atoms with Crippen LogP contribution in [0.5, 0.6) is 0 Å². The van der Waals surface area contributed by atoms with E-state index in [2.05, 4.69) is 4.99 Å². The Morgan fingerprint density at radius 3 is 3.08 bits per heavy atom. The molecule has 4 heteroatoms. The van der Waals surface area contributed by atoms with E-state index in [9.17, 15) is 4.79 Å². The maximum absolute atomic E-state index is 11.3. The molecule has 0 N–H and O–H groups in total. The van der Waals surface area contributed by atoms with Crippen LogP contribution in [0.4, 0.5) is 0 Å². The molecule has 1 aliphatic heterocycles. The summed E-state index contributed by atoms with van der Waals surface area (Å²) in [5.41, 5.74) is 0. The summed E-state index contributed by atoms with van der Waals surface area (Å²) < 4.78 is 9.92. The molecule has 0 radical (unpaired) electrons. The molecule has 0 saturated carbocycles. The van der Waals surface area contributed by atoms with Gasteiger partial charge >= 0.3 is 5.97 Å². The Labute approximate surface area is 77.9 Å². The Kier molecular flexibility index (Phi) is 3.73. The van der Waals surface area contributed by atoms with E-state index in [1.807, 2.05) is 6.92 Å². The van der Waals surface area contributed by atoms with Crippen molar-refractivity contribution in [2.45, 2.75) is 19.8 Å². The van der Waals surface area contributed by atoms with Crippen LogP contribution in [-0.2, 0) is 14.3 Å². The highest BCUT2D eigenvalue weighted by Crippen LogP contribution is 2.17. The smallest absolute Gasteiger partial charge is 0.309 e. The van der Waals surface area contributed by atoms with Gasteiger partial charge in [-0.15, -0.1) is 0 Å². The Hall–Kier alpha value is -1.06. The van der Waals surface area contributed by atoms with E-state index in [1.54, 1.807) is 7.11 Å². The summed E-state index contributed by atoms with van der Waals surface area (Å²) in [4.78, 5) is 15.5. The van der Waals surface area contributed by atoms with Crippen LogP contribution >= 0.6 is 0 Å². The summed E-state index contributed by atoms with van der Waals surface area (Å²) in [5, 5.41) is 0. The van der Waals surface area contributed by atoms with Gasteiger partial charge in [-0.1, -0.05) is 0 Å². The number of carbonyl (C=O) groups excluding carboxylic acids is 1. The first-order valence-corrected chi connectivity index (χ1v) is 4.51. The lowest BCUT2D eigenvalue weighted by molar-refractivity contribution is -0.148. The lowest BCUT2D eigenvalue weighted by atomic mass is 9.99. The van der Waals surface area contributed by atoms with Gasteiger partial charge in [-0.3, -0.25) is 9.79 Å². The molecular formula is C9H15NO3. The van der Waals surface area contributed by atoms with E-state index < -0.39 is 0 Å². The Morgan fingerprint density at radius 1 is 1.69 bits per heavy atom. The van der Waals surface area contributed by atoms with Crippen LogP contribution in [0.25, 0.3) is 0 Å². The predicted octanol–water partition coefficient (Wildman–Crippen LogP) is 1.00. The molecule has 0 aliphatic carbocycles. The molecule has 1 aliphatic rings. The molecular weight excluding hydrogens is 170 g/mol. The highest BCUT2D eigenvalue weighted by molar-refractivity contribution is 5.83. The average Bonchev–Trinajstić information content (AvgIpc) is 2.18. The number of nitrogens with zero attached hydrogens (tertiary/aromatic N) is 1. The zero-order valence-electron chi connectivity index (χ0n) is 8.08. The van der Waals surface area contributed by atoms with Gasteiger partial charge in [0.15, 0.2) is 5.90 Å². The third-order valence-electron chi connectivity index (χ3n) is 2.04. The van der Waals surface area contributed by atoms with Crippen LogP contribution in [0.15, 0.2) is 4.99 Å². The number of ether oxygens (including phenoxy) is 2. The second-order valence-electron chi connectivity index (χ2n) is 2.92. The molecule has 1 atom stereocenters. The highest BCUT2D eigenvalue weighted by Gasteiger charge is 2.24. The van der Waals surface area contributed by atoms with Crippen molar-refractivity contribution in [3.05, 3.63) is 0 Å². The van der Waals surface area contributed by atoms with E-state index in [1.165, 1.54) is 0 Å². The van der Waals surface area contributed by atoms with Crippen LogP contribution in [0.1, 0.15) is 19.8 Å². The Morgan fingerprint density at radius 2 is 2.46 bits per heavy atom. The molecule has 0 aromatic heterocycles. The lowest BCUT2D eigenvalue weighted by Crippen LogP contribution is -2.26. The van der Waals surface area contributed by atoms with Crippen LogP contribution < -0.4 is 0 Å². The van der Waals surface area contributed by atoms with Crippen molar-refractivity contribution in [2.24, 2.45) is 10.9 Å². The van der Waals surface area contributed by atoms with Crippen molar-refractivity contribution in [3.63, 3.8) is 0 Å². The SMILES string of the molecule is CCOC(=O)[C@@H]1CCN=C(OC)C1. The maximum atomic E-state index is 11.3. The van der Waals surface area contributed by atoms with Gasteiger partial charge in [0.25, 0.3) is 0 Å². The van der Waals surface area contributed by atoms with E-state index in [0.717, 1.165) is 6.42 Å². The van der Waals surface area contributed by atoms with Crippen LogP contribution in [0.3, 0.4) is 0 Å². The lowest BCUT2D eigenvalue weighted by Gasteiger charge is -2.19. The number of esters is 1. The number of carbonyl (C=O) groups is 1. The van der Waals surface area contributed by atoms with Gasteiger partial charge in [-0.05, 0) is 13.3 Å². The second kappa shape index (κ2) is 4.84. The van der Waals surface area contributed by atoms with Crippen molar-refractivity contribution in [1.82, 2.24) is 0 Å². The maximum Gasteiger partial charge on any atom is 0.309 e. The molecule has 0 aromatic carbocycles. The third-order valence-corrected chi connectivity index (χ3v) is 2.04. The van der Waals surface area contributed by atoms with Gasteiger partial charge in [0, 0.05) is 13.0 Å². The van der Waals surface area contributed by atoms with Crippen molar-refractivity contribution in [3.8, 4) is 0 Å². The molecule has 0 aromatic rings. The summed E-state index contributed by atoms with van der Waals surface area (Å²) >= 11 is 0. The van der Waals surface area contributed by atoms with Crippen molar-refractivity contribution < 1.29 is 14.3 Å². The molecule has 0 fully saturated rings. The summed E-state index contributed by atoms with van der Waals surface area (Å²) in [6.07, 6.45) is 1.35. The standard InChI is InChI=1S/C9H15NO3/c1-3-13-9(11)7-4-5-10-8(6-7)12-2/h7H,3-6H2,1-2H3/t7-/m1/s1. The topological polar surface area (TPSA) is 47.9 Å². The molecule has 0 spiro atoms. The quantitative estimate of drug-likeness (QED) is 0.603. The number of hydrogen-bond donors (Lipinski definition) is 0. The first kappa shape index (κ1) is 10.0. The molecule has 0 amide bonds. The van der Waals surface area contributed by atoms with Gasteiger partial charge in [0.1, 0.15) is 0 Å². The van der Waals surface area contributed by atoms with Crippen LogP contribution in [-0.4, -0.2) is 32.1 Å². The number of aliphatic imine (C=N–C) groups is 1. The van der Waals surface area contributed by atoms with E-state index in [0.29, 0.717) is 25.5 Å². The van der Waals surface area contributed by atoms with Gasteiger partial charge in [0.05, 0.1) is 19.6 Å². The van der Waals surface area contributed by atoms with Crippen molar-refractivity contribution in [2.75, 3.05) is 20.3 Å². The van der Waals surface area contributed by atoms with Crippen LogP contribution in [0, 0.1) is 5.92 Å². The predicted molar refractivity (Wildman–Crippen MR) is 48.7 cm³/mol. The fourth-order valence-electron chi connectivity index (χ4n) is 1.33. The first-order chi connectivity index (χ1) is 6.27. The minimum Gasteiger partial charge on any atom is -0.484 e. The van der Waals surface area contributed by atoms with E-state index in [4.69, 9.17) is 9.47 Å². The van der Waals surface area contributed by atoms with E-state index >= 15 is 0 Å². The molecule has 1 rings (SSSR count). The Balaban J connectivity index is 2.45. The summed E-state index contributed by atoms with van der Waals surface area (Å²) in [7, 11) is 1.58. The zero-order chi connectivity index (χ0) is 9.68. The third kappa shape index (κ3) is 2.72. The number of rotatable bonds is 2. The first-order valence-electron chi connectivity index (χ1n) is 4.51. The van der Waals surface area contributed by atoms with Gasteiger partial charge in [0.2, 0.25) is 0 Å². The minimum atomic E-state index is -0.132. The summed E-state index contributed by atoms with van der Waals surface area (Å²) in [6, 6.07) is 0. The highest BCUT2D eigenvalue weighted by atomic mass is 16.5.